The molecule has 0 atom stereocenters. The highest BCUT2D eigenvalue weighted by Gasteiger charge is 2.37. The molecule has 0 amide bonds. The van der Waals surface area contributed by atoms with Crippen molar-refractivity contribution in [2.75, 3.05) is 18.0 Å². The van der Waals surface area contributed by atoms with Gasteiger partial charge in [-0.05, 0) is 50.7 Å². The lowest BCUT2D eigenvalue weighted by Gasteiger charge is -2.17. The third-order valence-electron chi connectivity index (χ3n) is 3.99. The molecule has 1 saturated carbocycles. The van der Waals surface area contributed by atoms with Crippen LogP contribution < -0.4 is 10.6 Å². The van der Waals surface area contributed by atoms with Gasteiger partial charge in [-0.2, -0.15) is 0 Å². The summed E-state index contributed by atoms with van der Waals surface area (Å²) in [6.07, 6.45) is 7.11. The summed E-state index contributed by atoms with van der Waals surface area (Å²) in [7, 11) is 0. The smallest absolute Gasteiger partial charge is 0.128 e. The lowest BCUT2D eigenvalue weighted by atomic mass is 10.1. The summed E-state index contributed by atoms with van der Waals surface area (Å²) in [6.45, 7) is 2.33. The zero-order chi connectivity index (χ0) is 11.7. The molecule has 0 unspecified atom stereocenters. The van der Waals surface area contributed by atoms with Crippen LogP contribution >= 0.6 is 0 Å². The van der Waals surface area contributed by atoms with E-state index < -0.39 is 0 Å². The molecule has 92 valence electrons. The highest BCUT2D eigenvalue weighted by atomic mass is 15.2. The van der Waals surface area contributed by atoms with E-state index in [0.29, 0.717) is 0 Å². The van der Waals surface area contributed by atoms with Crippen molar-refractivity contribution in [3.63, 3.8) is 0 Å². The maximum absolute atomic E-state index is 6.12. The number of aromatic nitrogens is 1. The predicted octanol–water partition coefficient (Wildman–Crippen LogP) is 2.11. The number of nitrogens with two attached hydrogens (primary N) is 1. The summed E-state index contributed by atoms with van der Waals surface area (Å²) in [5.74, 6) is 1.15. The minimum Gasteiger partial charge on any atom is -0.357 e. The molecule has 1 aromatic rings. The van der Waals surface area contributed by atoms with Crippen molar-refractivity contribution in [2.24, 2.45) is 5.73 Å². The quantitative estimate of drug-likeness (QED) is 0.863. The predicted molar refractivity (Wildman–Crippen MR) is 70.2 cm³/mol. The van der Waals surface area contributed by atoms with E-state index in [9.17, 15) is 0 Å². The Kier molecular flexibility index (Phi) is 2.79. The van der Waals surface area contributed by atoms with Crippen molar-refractivity contribution in [3.8, 4) is 0 Å². The molecule has 0 spiro atoms. The Hall–Kier alpha value is -1.09. The maximum Gasteiger partial charge on any atom is 0.128 e. The molecule has 17 heavy (non-hydrogen) atoms. The Morgan fingerprint density at radius 1 is 1.24 bits per heavy atom. The number of hydrogen-bond acceptors (Lipinski definition) is 3. The van der Waals surface area contributed by atoms with Crippen LogP contribution in [0.4, 0.5) is 5.82 Å². The second-order valence-corrected chi connectivity index (χ2v) is 5.54. The van der Waals surface area contributed by atoms with Crippen LogP contribution in [0.1, 0.15) is 37.8 Å². The minimum atomic E-state index is 0.144. The van der Waals surface area contributed by atoms with Gasteiger partial charge in [0.2, 0.25) is 0 Å². The van der Waals surface area contributed by atoms with Crippen molar-refractivity contribution in [3.05, 3.63) is 23.9 Å². The summed E-state index contributed by atoms with van der Waals surface area (Å²) in [6, 6.07) is 6.39. The summed E-state index contributed by atoms with van der Waals surface area (Å²) in [4.78, 5) is 7.14. The SMILES string of the molecule is NC1(CCc2cccc(N3CCCC3)n2)CC1. The van der Waals surface area contributed by atoms with Gasteiger partial charge in [0.1, 0.15) is 5.82 Å². The van der Waals surface area contributed by atoms with Crippen LogP contribution in [0.2, 0.25) is 0 Å². The first-order valence-corrected chi connectivity index (χ1v) is 6.75. The van der Waals surface area contributed by atoms with E-state index in [0.717, 1.165) is 31.7 Å². The van der Waals surface area contributed by atoms with Crippen LogP contribution in [0, 0.1) is 0 Å². The number of pyridine rings is 1. The van der Waals surface area contributed by atoms with Crippen molar-refractivity contribution in [2.45, 2.75) is 44.1 Å². The van der Waals surface area contributed by atoms with E-state index >= 15 is 0 Å². The number of nitrogens with zero attached hydrogens (tertiary/aromatic N) is 2. The molecule has 2 N–H and O–H groups in total. The first-order valence-electron chi connectivity index (χ1n) is 6.75. The molecular weight excluding hydrogens is 210 g/mol. The molecule has 1 aromatic heterocycles. The van der Waals surface area contributed by atoms with Crippen LogP contribution in [0.25, 0.3) is 0 Å². The molecule has 1 saturated heterocycles. The summed E-state index contributed by atoms with van der Waals surface area (Å²) >= 11 is 0. The fourth-order valence-corrected chi connectivity index (χ4v) is 2.52. The first-order chi connectivity index (χ1) is 8.25. The van der Waals surface area contributed by atoms with E-state index in [1.54, 1.807) is 0 Å². The Morgan fingerprint density at radius 2 is 2.00 bits per heavy atom. The fourth-order valence-electron chi connectivity index (χ4n) is 2.52. The number of aryl methyl sites for hydroxylation is 1. The average Bonchev–Trinajstić information content (AvgIpc) is 2.88. The minimum absolute atomic E-state index is 0.144. The van der Waals surface area contributed by atoms with Crippen LogP contribution in [0.3, 0.4) is 0 Å². The van der Waals surface area contributed by atoms with Crippen molar-refractivity contribution >= 4 is 5.82 Å². The monoisotopic (exact) mass is 231 g/mol. The molecule has 3 nitrogen and oxygen atoms in total. The third kappa shape index (κ3) is 2.60. The van der Waals surface area contributed by atoms with Crippen LogP contribution in [-0.2, 0) is 6.42 Å². The molecule has 2 heterocycles. The lowest BCUT2D eigenvalue weighted by molar-refractivity contribution is 0.603. The first kappa shape index (κ1) is 11.0. The lowest BCUT2D eigenvalue weighted by Crippen LogP contribution is -2.23. The normalized spacial score (nSPS) is 21.8. The molecule has 3 heteroatoms. The second-order valence-electron chi connectivity index (χ2n) is 5.54. The maximum atomic E-state index is 6.12. The number of hydrogen-bond donors (Lipinski definition) is 1. The largest absolute Gasteiger partial charge is 0.357 e. The highest BCUT2D eigenvalue weighted by Crippen LogP contribution is 2.36. The Labute approximate surface area is 103 Å². The van der Waals surface area contributed by atoms with Gasteiger partial charge in [0.05, 0.1) is 0 Å². The van der Waals surface area contributed by atoms with Crippen molar-refractivity contribution < 1.29 is 0 Å². The van der Waals surface area contributed by atoms with Gasteiger partial charge < -0.3 is 10.6 Å². The Bertz CT molecular complexity index is 392. The third-order valence-corrected chi connectivity index (χ3v) is 3.99. The van der Waals surface area contributed by atoms with E-state index in [1.165, 1.54) is 31.4 Å². The van der Waals surface area contributed by atoms with Crippen LogP contribution in [0.15, 0.2) is 18.2 Å². The molecular formula is C14H21N3. The van der Waals surface area contributed by atoms with E-state index in [-0.39, 0.29) is 5.54 Å². The molecule has 0 radical (unpaired) electrons. The summed E-state index contributed by atoms with van der Waals surface area (Å²) in [5, 5.41) is 0. The average molecular weight is 231 g/mol. The Balaban J connectivity index is 1.65. The van der Waals surface area contributed by atoms with Gasteiger partial charge in [-0.15, -0.1) is 0 Å². The molecule has 2 aliphatic rings. The zero-order valence-corrected chi connectivity index (χ0v) is 10.4. The van der Waals surface area contributed by atoms with E-state index in [4.69, 9.17) is 10.7 Å². The molecule has 2 fully saturated rings. The van der Waals surface area contributed by atoms with Crippen molar-refractivity contribution in [1.82, 2.24) is 4.98 Å². The van der Waals surface area contributed by atoms with Gasteiger partial charge >= 0.3 is 0 Å². The second kappa shape index (κ2) is 4.30. The number of rotatable bonds is 4. The van der Waals surface area contributed by atoms with Gasteiger partial charge in [-0.1, -0.05) is 6.07 Å². The van der Waals surface area contributed by atoms with Gasteiger partial charge in [-0.25, -0.2) is 4.98 Å². The van der Waals surface area contributed by atoms with Gasteiger partial charge in [0.15, 0.2) is 0 Å². The van der Waals surface area contributed by atoms with Gasteiger partial charge in [0.25, 0.3) is 0 Å². The van der Waals surface area contributed by atoms with Crippen LogP contribution in [0.5, 0.6) is 0 Å². The van der Waals surface area contributed by atoms with E-state index in [2.05, 4.69) is 23.1 Å². The fraction of sp³-hybridized carbons (Fsp3) is 0.643. The standard InChI is InChI=1S/C14H21N3/c15-14(8-9-14)7-6-12-4-3-5-13(16-12)17-10-1-2-11-17/h3-5H,1-2,6-11,15H2. The molecule has 3 rings (SSSR count). The van der Waals surface area contributed by atoms with Gasteiger partial charge in [-0.3, -0.25) is 0 Å². The van der Waals surface area contributed by atoms with Crippen molar-refractivity contribution in [1.29, 1.82) is 0 Å². The molecule has 0 aromatic carbocycles. The number of anilines is 1. The molecule has 1 aliphatic heterocycles. The van der Waals surface area contributed by atoms with Gasteiger partial charge in [0, 0.05) is 24.3 Å². The van der Waals surface area contributed by atoms with Crippen LogP contribution in [-0.4, -0.2) is 23.6 Å². The molecule has 1 aliphatic carbocycles. The van der Waals surface area contributed by atoms with E-state index in [1.807, 2.05) is 0 Å². The zero-order valence-electron chi connectivity index (χ0n) is 10.4. The summed E-state index contributed by atoms with van der Waals surface area (Å²) in [5.41, 5.74) is 7.46. The Morgan fingerprint density at radius 3 is 2.71 bits per heavy atom. The highest BCUT2D eigenvalue weighted by molar-refractivity contribution is 5.40. The summed E-state index contributed by atoms with van der Waals surface area (Å²) < 4.78 is 0. The molecule has 0 bridgehead atoms. The topological polar surface area (TPSA) is 42.1 Å².